The lowest BCUT2D eigenvalue weighted by molar-refractivity contribution is -0.122. The molecule has 32 heavy (non-hydrogen) atoms. The Bertz CT molecular complexity index is 1030. The van der Waals surface area contributed by atoms with E-state index in [1.807, 2.05) is 49.4 Å². The van der Waals surface area contributed by atoms with E-state index in [1.54, 1.807) is 19.5 Å². The van der Waals surface area contributed by atoms with Crippen LogP contribution in [0.3, 0.4) is 0 Å². The van der Waals surface area contributed by atoms with Gasteiger partial charge in [-0.15, -0.1) is 0 Å². The molecule has 5 heteroatoms. The molecule has 0 fully saturated rings. The van der Waals surface area contributed by atoms with Gasteiger partial charge >= 0.3 is 0 Å². The predicted molar refractivity (Wildman–Crippen MR) is 125 cm³/mol. The topological polar surface area (TPSA) is 60.5 Å². The van der Waals surface area contributed by atoms with Gasteiger partial charge in [0.05, 0.1) is 13.2 Å². The summed E-state index contributed by atoms with van der Waals surface area (Å²) >= 11 is 0. The molecule has 0 saturated carbocycles. The summed E-state index contributed by atoms with van der Waals surface area (Å²) in [5.74, 6) is 2.03. The van der Waals surface area contributed by atoms with Gasteiger partial charge in [-0.25, -0.2) is 0 Å². The first-order valence-corrected chi connectivity index (χ1v) is 11.2. The zero-order valence-corrected chi connectivity index (χ0v) is 18.7. The van der Waals surface area contributed by atoms with E-state index in [1.165, 1.54) is 11.1 Å². The van der Waals surface area contributed by atoms with Crippen molar-refractivity contribution in [3.8, 4) is 11.5 Å². The van der Waals surface area contributed by atoms with Gasteiger partial charge in [0.1, 0.15) is 18.1 Å². The summed E-state index contributed by atoms with van der Waals surface area (Å²) in [6.45, 7) is 2.50. The largest absolute Gasteiger partial charge is 0.497 e. The Hall–Kier alpha value is -3.34. The number of benzene rings is 2. The van der Waals surface area contributed by atoms with E-state index < -0.39 is 0 Å². The monoisotopic (exact) mass is 430 g/mol. The number of pyridine rings is 1. The number of amides is 1. The second-order valence-corrected chi connectivity index (χ2v) is 8.37. The smallest absolute Gasteiger partial charge is 0.221 e. The van der Waals surface area contributed by atoms with Gasteiger partial charge in [0.25, 0.3) is 0 Å². The molecule has 2 unspecified atom stereocenters. The highest BCUT2D eigenvalue weighted by atomic mass is 16.5. The first-order valence-electron chi connectivity index (χ1n) is 11.2. The van der Waals surface area contributed by atoms with E-state index in [0.29, 0.717) is 13.0 Å². The summed E-state index contributed by atoms with van der Waals surface area (Å²) in [7, 11) is 1.69. The Morgan fingerprint density at radius 1 is 1.16 bits per heavy atom. The van der Waals surface area contributed by atoms with E-state index in [4.69, 9.17) is 9.47 Å². The van der Waals surface area contributed by atoms with Crippen molar-refractivity contribution in [3.63, 3.8) is 0 Å². The maximum atomic E-state index is 12.8. The number of nitrogens with zero attached hydrogens (tertiary/aromatic N) is 1. The third kappa shape index (κ3) is 5.47. The van der Waals surface area contributed by atoms with Crippen molar-refractivity contribution in [1.82, 2.24) is 10.3 Å². The minimum atomic E-state index is -0.0613. The number of rotatable bonds is 8. The van der Waals surface area contributed by atoms with Crippen LogP contribution in [0.1, 0.15) is 60.4 Å². The molecule has 0 bridgehead atoms. The van der Waals surface area contributed by atoms with Crippen LogP contribution >= 0.6 is 0 Å². The average Bonchev–Trinajstić information content (AvgIpc) is 2.83. The molecule has 1 aromatic heterocycles. The van der Waals surface area contributed by atoms with E-state index in [-0.39, 0.29) is 17.9 Å². The molecule has 0 saturated heterocycles. The molecule has 1 aliphatic rings. The molecule has 166 valence electrons. The fraction of sp³-hybridized carbons (Fsp3) is 0.333. The molecule has 4 rings (SSSR count). The molecule has 0 spiro atoms. The Morgan fingerprint density at radius 2 is 1.97 bits per heavy atom. The normalized spacial score (nSPS) is 16.0. The molecule has 2 atom stereocenters. The molecule has 3 aromatic rings. The lowest BCUT2D eigenvalue weighted by Gasteiger charge is -2.26. The zero-order chi connectivity index (χ0) is 22.3. The predicted octanol–water partition coefficient (Wildman–Crippen LogP) is 5.36. The minimum absolute atomic E-state index is 0.0613. The third-order valence-corrected chi connectivity index (χ3v) is 6.11. The molecule has 1 heterocycles. The number of hydrogen-bond donors (Lipinski definition) is 1. The highest BCUT2D eigenvalue weighted by Crippen LogP contribution is 2.36. The molecule has 1 N–H and O–H groups in total. The number of carbonyl (C=O) groups excluding carboxylic acids is 1. The molecular formula is C27H30N2O3. The van der Waals surface area contributed by atoms with Crippen molar-refractivity contribution in [2.24, 2.45) is 0 Å². The third-order valence-electron chi connectivity index (χ3n) is 6.11. The van der Waals surface area contributed by atoms with Crippen molar-refractivity contribution >= 4 is 5.91 Å². The van der Waals surface area contributed by atoms with Crippen LogP contribution in [0.2, 0.25) is 0 Å². The summed E-state index contributed by atoms with van der Waals surface area (Å²) in [5, 5.41) is 3.16. The summed E-state index contributed by atoms with van der Waals surface area (Å²) in [4.78, 5) is 16.9. The summed E-state index contributed by atoms with van der Waals surface area (Å²) in [6, 6.07) is 18.0. The van der Waals surface area contributed by atoms with Gasteiger partial charge in [0, 0.05) is 24.4 Å². The van der Waals surface area contributed by atoms with Crippen molar-refractivity contribution in [3.05, 3.63) is 89.2 Å². The number of aryl methyl sites for hydroxylation is 1. The Balaban J connectivity index is 1.31. The Morgan fingerprint density at radius 3 is 2.72 bits per heavy atom. The standard InChI is InChI=1S/C27H30N2O3/c1-19(21-8-10-24(11-9-21)32-18-20-5-4-14-28-17-20)29-27(30)16-23-7-3-6-22-15-25(31-2)12-13-26(22)23/h4-5,8-15,17,19,23H,3,6-7,16,18H2,1-2H3,(H,29,30). The van der Waals surface area contributed by atoms with E-state index in [9.17, 15) is 4.79 Å². The number of fused-ring (bicyclic) bond motifs is 1. The highest BCUT2D eigenvalue weighted by Gasteiger charge is 2.23. The lowest BCUT2D eigenvalue weighted by atomic mass is 9.81. The number of methoxy groups -OCH3 is 1. The first kappa shape index (κ1) is 21.9. The van der Waals surface area contributed by atoms with Crippen molar-refractivity contribution < 1.29 is 14.3 Å². The number of hydrogen-bond acceptors (Lipinski definition) is 4. The van der Waals surface area contributed by atoms with Gasteiger partial charge in [-0.1, -0.05) is 24.3 Å². The van der Waals surface area contributed by atoms with Crippen LogP contribution in [-0.2, 0) is 17.8 Å². The molecular weight excluding hydrogens is 400 g/mol. The molecule has 1 aliphatic carbocycles. The Kier molecular flexibility index (Phi) is 7.05. The van der Waals surface area contributed by atoms with Gasteiger partial charge in [0.2, 0.25) is 5.91 Å². The second kappa shape index (κ2) is 10.3. The molecule has 0 radical (unpaired) electrons. The van der Waals surface area contributed by atoms with Crippen molar-refractivity contribution in [2.45, 2.75) is 51.2 Å². The van der Waals surface area contributed by atoms with Gasteiger partial charge in [-0.05, 0) is 79.1 Å². The lowest BCUT2D eigenvalue weighted by Crippen LogP contribution is -2.28. The van der Waals surface area contributed by atoms with E-state index in [2.05, 4.69) is 22.4 Å². The average molecular weight is 431 g/mol. The van der Waals surface area contributed by atoms with E-state index >= 15 is 0 Å². The molecule has 0 aliphatic heterocycles. The van der Waals surface area contributed by atoms with E-state index in [0.717, 1.165) is 41.9 Å². The Labute approximate surface area is 189 Å². The first-order chi connectivity index (χ1) is 15.6. The van der Waals surface area contributed by atoms with Crippen LogP contribution in [-0.4, -0.2) is 18.0 Å². The summed E-state index contributed by atoms with van der Waals surface area (Å²) in [6.07, 6.45) is 7.26. The fourth-order valence-electron chi connectivity index (χ4n) is 4.34. The number of nitrogens with one attached hydrogen (secondary N) is 1. The van der Waals surface area contributed by atoms with Crippen LogP contribution in [0.4, 0.5) is 0 Å². The number of ether oxygens (including phenoxy) is 2. The van der Waals surface area contributed by atoms with Crippen LogP contribution in [0.15, 0.2) is 67.0 Å². The zero-order valence-electron chi connectivity index (χ0n) is 18.7. The van der Waals surface area contributed by atoms with Crippen molar-refractivity contribution in [1.29, 1.82) is 0 Å². The second-order valence-electron chi connectivity index (χ2n) is 8.37. The minimum Gasteiger partial charge on any atom is -0.497 e. The van der Waals surface area contributed by atoms with Crippen molar-refractivity contribution in [2.75, 3.05) is 7.11 Å². The number of carbonyl (C=O) groups is 1. The van der Waals surface area contributed by atoms with Gasteiger partial charge in [-0.3, -0.25) is 9.78 Å². The molecule has 1 amide bonds. The van der Waals surface area contributed by atoms with Crippen LogP contribution in [0, 0.1) is 0 Å². The summed E-state index contributed by atoms with van der Waals surface area (Å²) in [5.41, 5.74) is 4.68. The fourth-order valence-corrected chi connectivity index (χ4v) is 4.34. The maximum absolute atomic E-state index is 12.8. The molecule has 5 nitrogen and oxygen atoms in total. The maximum Gasteiger partial charge on any atom is 0.221 e. The van der Waals surface area contributed by atoms with Gasteiger partial charge in [0.15, 0.2) is 0 Å². The van der Waals surface area contributed by atoms with Crippen LogP contribution in [0.5, 0.6) is 11.5 Å². The van der Waals surface area contributed by atoms with Crippen LogP contribution < -0.4 is 14.8 Å². The number of aromatic nitrogens is 1. The van der Waals surface area contributed by atoms with Gasteiger partial charge in [-0.2, -0.15) is 0 Å². The van der Waals surface area contributed by atoms with Crippen LogP contribution in [0.25, 0.3) is 0 Å². The highest BCUT2D eigenvalue weighted by molar-refractivity contribution is 5.77. The molecule has 2 aromatic carbocycles. The van der Waals surface area contributed by atoms with Gasteiger partial charge < -0.3 is 14.8 Å². The SMILES string of the molecule is COc1ccc2c(c1)CCCC2CC(=O)NC(C)c1ccc(OCc2cccnc2)cc1. The summed E-state index contributed by atoms with van der Waals surface area (Å²) < 4.78 is 11.2. The quantitative estimate of drug-likeness (QED) is 0.523.